The summed E-state index contributed by atoms with van der Waals surface area (Å²) in [6, 6.07) is 12.2. The fraction of sp³-hybridized carbons (Fsp3) is 0.320. The lowest BCUT2D eigenvalue weighted by atomic mass is 10.1. The Balaban J connectivity index is 1.66. The SMILES string of the molecule is CN(C)/C=N/S(=O)(=O)c1cc(NC(=O)Cc2ccccc2Cl)ccc1-c1cnn(C2CCCC2)c1. The number of aromatic nitrogens is 2. The lowest BCUT2D eigenvalue weighted by molar-refractivity contribution is -0.115. The van der Waals surface area contributed by atoms with E-state index in [9.17, 15) is 13.2 Å². The van der Waals surface area contributed by atoms with Crippen molar-refractivity contribution in [2.75, 3.05) is 19.4 Å². The summed E-state index contributed by atoms with van der Waals surface area (Å²) in [5.74, 6) is -0.306. The van der Waals surface area contributed by atoms with E-state index in [2.05, 4.69) is 14.8 Å². The highest BCUT2D eigenvalue weighted by atomic mass is 35.5. The molecule has 1 aromatic heterocycles. The first kappa shape index (κ1) is 24.9. The monoisotopic (exact) mass is 513 g/mol. The minimum atomic E-state index is -4.05. The maximum atomic E-state index is 13.2. The van der Waals surface area contributed by atoms with Gasteiger partial charge >= 0.3 is 0 Å². The first-order valence-corrected chi connectivity index (χ1v) is 13.2. The van der Waals surface area contributed by atoms with Gasteiger partial charge in [0.15, 0.2) is 0 Å². The summed E-state index contributed by atoms with van der Waals surface area (Å²) < 4.78 is 32.1. The molecule has 1 aliphatic carbocycles. The van der Waals surface area contributed by atoms with Crippen molar-refractivity contribution in [1.29, 1.82) is 0 Å². The van der Waals surface area contributed by atoms with Gasteiger partial charge in [-0.15, -0.1) is 4.40 Å². The molecule has 1 heterocycles. The first-order chi connectivity index (χ1) is 16.7. The number of benzene rings is 2. The van der Waals surface area contributed by atoms with Crippen molar-refractivity contribution in [1.82, 2.24) is 14.7 Å². The van der Waals surface area contributed by atoms with E-state index in [0.29, 0.717) is 33.4 Å². The number of halogens is 1. The third kappa shape index (κ3) is 6.10. The molecule has 1 fully saturated rings. The van der Waals surface area contributed by atoms with Crippen molar-refractivity contribution in [2.45, 2.75) is 43.0 Å². The minimum Gasteiger partial charge on any atom is -0.368 e. The first-order valence-electron chi connectivity index (χ1n) is 11.4. The van der Waals surface area contributed by atoms with Crippen LogP contribution >= 0.6 is 11.6 Å². The quantitative estimate of drug-likeness (QED) is 0.345. The Kier molecular flexibility index (Phi) is 7.57. The fourth-order valence-electron chi connectivity index (χ4n) is 4.13. The smallest absolute Gasteiger partial charge is 0.284 e. The summed E-state index contributed by atoms with van der Waals surface area (Å²) in [7, 11) is -0.667. The molecule has 0 unspecified atom stereocenters. The number of nitrogens with zero attached hydrogens (tertiary/aromatic N) is 4. The number of amides is 1. The highest BCUT2D eigenvalue weighted by molar-refractivity contribution is 7.90. The molecule has 8 nitrogen and oxygen atoms in total. The molecule has 10 heteroatoms. The minimum absolute atomic E-state index is 0.00267. The second-order valence-electron chi connectivity index (χ2n) is 8.83. The maximum Gasteiger partial charge on any atom is 0.284 e. The third-order valence-electron chi connectivity index (χ3n) is 5.88. The molecule has 1 N–H and O–H groups in total. The molecule has 0 saturated heterocycles. The normalized spacial score (nSPS) is 14.5. The Morgan fingerprint density at radius 1 is 1.23 bits per heavy atom. The number of anilines is 1. The second-order valence-corrected chi connectivity index (χ2v) is 10.8. The van der Waals surface area contributed by atoms with Gasteiger partial charge in [0.1, 0.15) is 6.34 Å². The maximum absolute atomic E-state index is 13.2. The molecule has 4 rings (SSSR count). The number of sulfonamides is 1. The fourth-order valence-corrected chi connectivity index (χ4v) is 5.50. The Hall–Kier alpha value is -3.17. The van der Waals surface area contributed by atoms with Crippen LogP contribution in [0.4, 0.5) is 5.69 Å². The summed E-state index contributed by atoms with van der Waals surface area (Å²) in [5, 5.41) is 7.77. The standard InChI is InChI=1S/C25H28ClN5O3S/c1-30(2)17-28-35(33,34)24-14-20(29-25(32)13-18-7-3-6-10-23(18)26)11-12-22(24)19-15-27-31(16-19)21-8-4-5-9-21/h3,6-7,10-12,14-17,21H,4-5,8-9,13H2,1-2H3,(H,29,32)/b28-17+. The number of carbonyl (C=O) groups is 1. The highest BCUT2D eigenvalue weighted by Crippen LogP contribution is 2.34. The average Bonchev–Trinajstić information content (AvgIpc) is 3.51. The van der Waals surface area contributed by atoms with Crippen molar-refractivity contribution in [3.05, 3.63) is 65.4 Å². The zero-order chi connectivity index (χ0) is 25.0. The van der Waals surface area contributed by atoms with E-state index in [4.69, 9.17) is 11.6 Å². The Bertz CT molecular complexity index is 1340. The van der Waals surface area contributed by atoms with Crippen LogP contribution < -0.4 is 5.32 Å². The molecular formula is C25H28ClN5O3S. The molecular weight excluding hydrogens is 486 g/mol. The molecule has 0 spiro atoms. The molecule has 0 radical (unpaired) electrons. The van der Waals surface area contributed by atoms with Crippen molar-refractivity contribution < 1.29 is 13.2 Å². The van der Waals surface area contributed by atoms with Crippen molar-refractivity contribution in [2.24, 2.45) is 4.40 Å². The molecule has 0 aliphatic heterocycles. The van der Waals surface area contributed by atoms with Gasteiger partial charge in [-0.2, -0.15) is 13.5 Å². The van der Waals surface area contributed by atoms with Crippen molar-refractivity contribution in [3.8, 4) is 11.1 Å². The number of nitrogens with one attached hydrogen (secondary N) is 1. The van der Waals surface area contributed by atoms with E-state index in [-0.39, 0.29) is 17.2 Å². The third-order valence-corrected chi connectivity index (χ3v) is 7.51. The van der Waals surface area contributed by atoms with Crippen LogP contribution in [-0.2, 0) is 21.2 Å². The van der Waals surface area contributed by atoms with Gasteiger partial charge < -0.3 is 10.2 Å². The van der Waals surface area contributed by atoms with E-state index in [0.717, 1.165) is 12.8 Å². The van der Waals surface area contributed by atoms with Gasteiger partial charge in [-0.3, -0.25) is 9.48 Å². The van der Waals surface area contributed by atoms with E-state index in [1.54, 1.807) is 55.5 Å². The van der Waals surface area contributed by atoms with Crippen LogP contribution in [0.15, 0.2) is 64.2 Å². The van der Waals surface area contributed by atoms with Gasteiger partial charge in [0.2, 0.25) is 5.91 Å². The number of hydrogen-bond donors (Lipinski definition) is 1. The summed E-state index contributed by atoms with van der Waals surface area (Å²) in [6.45, 7) is 0. The lowest BCUT2D eigenvalue weighted by Gasteiger charge is -2.12. The molecule has 1 saturated carbocycles. The van der Waals surface area contributed by atoms with Crippen LogP contribution in [0.3, 0.4) is 0 Å². The van der Waals surface area contributed by atoms with Gasteiger partial charge in [0, 0.05) is 42.1 Å². The van der Waals surface area contributed by atoms with E-state index < -0.39 is 10.0 Å². The molecule has 3 aromatic rings. The largest absolute Gasteiger partial charge is 0.368 e. The van der Waals surface area contributed by atoms with Crippen molar-refractivity contribution in [3.63, 3.8) is 0 Å². The predicted molar refractivity (Wildman–Crippen MR) is 138 cm³/mol. The van der Waals surface area contributed by atoms with Gasteiger partial charge in [-0.1, -0.05) is 48.7 Å². The molecule has 1 amide bonds. The highest BCUT2D eigenvalue weighted by Gasteiger charge is 2.23. The summed E-state index contributed by atoms with van der Waals surface area (Å²) in [6.07, 6.45) is 9.34. The number of rotatable bonds is 8. The van der Waals surface area contributed by atoms with Gasteiger partial charge in [-0.05, 0) is 36.6 Å². The van der Waals surface area contributed by atoms with Gasteiger partial charge in [0.05, 0.1) is 23.6 Å². The van der Waals surface area contributed by atoms with Crippen LogP contribution in [0.25, 0.3) is 11.1 Å². The Morgan fingerprint density at radius 3 is 2.69 bits per heavy atom. The van der Waals surface area contributed by atoms with E-state index in [1.807, 2.05) is 16.9 Å². The summed E-state index contributed by atoms with van der Waals surface area (Å²) in [4.78, 5) is 14.2. The molecule has 2 aromatic carbocycles. The zero-order valence-electron chi connectivity index (χ0n) is 19.7. The van der Waals surface area contributed by atoms with Gasteiger partial charge in [-0.25, -0.2) is 0 Å². The zero-order valence-corrected chi connectivity index (χ0v) is 21.3. The lowest BCUT2D eigenvalue weighted by Crippen LogP contribution is -2.15. The van der Waals surface area contributed by atoms with Crippen LogP contribution in [-0.4, -0.2) is 49.4 Å². The van der Waals surface area contributed by atoms with Crippen molar-refractivity contribution >= 4 is 39.6 Å². The second kappa shape index (κ2) is 10.6. The molecule has 1 aliphatic rings. The van der Waals surface area contributed by atoms with E-state index in [1.165, 1.54) is 25.2 Å². The van der Waals surface area contributed by atoms with E-state index >= 15 is 0 Å². The van der Waals surface area contributed by atoms with Crippen LogP contribution in [0.5, 0.6) is 0 Å². The molecule has 0 bridgehead atoms. The van der Waals surface area contributed by atoms with Crippen LogP contribution in [0.2, 0.25) is 5.02 Å². The molecule has 184 valence electrons. The predicted octanol–water partition coefficient (Wildman–Crippen LogP) is 4.78. The molecule has 35 heavy (non-hydrogen) atoms. The number of carbonyl (C=O) groups excluding carboxylic acids is 1. The van der Waals surface area contributed by atoms with Gasteiger partial charge in [0.25, 0.3) is 10.0 Å². The van der Waals surface area contributed by atoms with Crippen LogP contribution in [0, 0.1) is 0 Å². The topological polar surface area (TPSA) is 96.7 Å². The Labute approximate surface area is 210 Å². The average molecular weight is 514 g/mol. The summed E-state index contributed by atoms with van der Waals surface area (Å²) in [5.41, 5.74) is 2.21. The Morgan fingerprint density at radius 2 is 1.97 bits per heavy atom. The summed E-state index contributed by atoms with van der Waals surface area (Å²) >= 11 is 6.17. The molecule has 0 atom stereocenters. The number of hydrogen-bond acceptors (Lipinski definition) is 4. The van der Waals surface area contributed by atoms with Crippen LogP contribution in [0.1, 0.15) is 37.3 Å².